The maximum absolute atomic E-state index is 12.6. The van der Waals surface area contributed by atoms with Crippen molar-refractivity contribution < 1.29 is 14.3 Å². The number of hydrogen-bond acceptors (Lipinski definition) is 4. The van der Waals surface area contributed by atoms with Crippen LogP contribution in [0, 0.1) is 0 Å². The van der Waals surface area contributed by atoms with Crippen LogP contribution in [0.15, 0.2) is 54.7 Å². The van der Waals surface area contributed by atoms with Gasteiger partial charge in [0.1, 0.15) is 12.6 Å². The number of carbonyl (C=O) groups excluding carboxylic acids is 2. The fraction of sp³-hybridized carbons (Fsp3) is 0.409. The van der Waals surface area contributed by atoms with Gasteiger partial charge in [-0.1, -0.05) is 69.0 Å². The molecule has 2 rings (SSSR count). The van der Waals surface area contributed by atoms with E-state index in [1.165, 1.54) is 0 Å². The van der Waals surface area contributed by atoms with E-state index in [2.05, 4.69) is 22.5 Å². The van der Waals surface area contributed by atoms with Gasteiger partial charge in [-0.25, -0.2) is 4.79 Å². The standard InChI is InChI=1S/C22H29N3O3/c1-2-3-4-8-14-20(21(26)24-16-19-13-9-10-15-23-19)25-22(27)28-17-18-11-6-5-7-12-18/h5-7,9-13,15,20H,2-4,8,14,16-17H2,1H3,(H,24,26)(H,25,27)/t20-/m0/s1. The van der Waals surface area contributed by atoms with E-state index in [4.69, 9.17) is 4.74 Å². The molecule has 1 aromatic heterocycles. The lowest BCUT2D eigenvalue weighted by Crippen LogP contribution is -2.46. The van der Waals surface area contributed by atoms with Gasteiger partial charge in [0.2, 0.25) is 5.91 Å². The lowest BCUT2D eigenvalue weighted by Gasteiger charge is -2.18. The van der Waals surface area contributed by atoms with E-state index in [0.29, 0.717) is 13.0 Å². The zero-order valence-electron chi connectivity index (χ0n) is 16.4. The Hall–Kier alpha value is -2.89. The SMILES string of the molecule is CCCCCC[C@H](NC(=O)OCc1ccccc1)C(=O)NCc1ccccn1. The highest BCUT2D eigenvalue weighted by atomic mass is 16.5. The highest BCUT2D eigenvalue weighted by Gasteiger charge is 2.21. The molecule has 6 nitrogen and oxygen atoms in total. The van der Waals surface area contributed by atoms with E-state index in [1.807, 2.05) is 48.5 Å². The van der Waals surface area contributed by atoms with Gasteiger partial charge in [0.05, 0.1) is 12.2 Å². The van der Waals surface area contributed by atoms with Crippen LogP contribution in [0.5, 0.6) is 0 Å². The maximum Gasteiger partial charge on any atom is 0.408 e. The number of ether oxygens (including phenoxy) is 1. The van der Waals surface area contributed by atoms with Gasteiger partial charge in [-0.3, -0.25) is 9.78 Å². The van der Waals surface area contributed by atoms with Crippen molar-refractivity contribution in [2.24, 2.45) is 0 Å². The first-order valence-electron chi connectivity index (χ1n) is 9.84. The number of benzene rings is 1. The first-order valence-corrected chi connectivity index (χ1v) is 9.84. The molecular weight excluding hydrogens is 354 g/mol. The molecule has 0 bridgehead atoms. The van der Waals surface area contributed by atoms with Crippen LogP contribution in [-0.2, 0) is 22.7 Å². The van der Waals surface area contributed by atoms with Crippen LogP contribution in [0.2, 0.25) is 0 Å². The second-order valence-electron chi connectivity index (χ2n) is 6.65. The Morgan fingerprint density at radius 1 is 1.04 bits per heavy atom. The van der Waals surface area contributed by atoms with Crippen LogP contribution in [0.1, 0.15) is 50.3 Å². The summed E-state index contributed by atoms with van der Waals surface area (Å²) < 4.78 is 5.26. The molecule has 1 atom stereocenters. The Balaban J connectivity index is 1.85. The van der Waals surface area contributed by atoms with Crippen molar-refractivity contribution in [3.05, 3.63) is 66.0 Å². The lowest BCUT2D eigenvalue weighted by molar-refractivity contribution is -0.123. The number of nitrogens with one attached hydrogen (secondary N) is 2. The van der Waals surface area contributed by atoms with Crippen LogP contribution in [-0.4, -0.2) is 23.0 Å². The maximum atomic E-state index is 12.6. The summed E-state index contributed by atoms with van der Waals surface area (Å²) in [6.07, 6.45) is 5.80. The molecule has 150 valence electrons. The summed E-state index contributed by atoms with van der Waals surface area (Å²) in [5.41, 5.74) is 1.67. The average Bonchev–Trinajstić information content (AvgIpc) is 2.74. The molecule has 2 N–H and O–H groups in total. The smallest absolute Gasteiger partial charge is 0.408 e. The number of aromatic nitrogens is 1. The Kier molecular flexibility index (Phi) is 9.55. The number of nitrogens with zero attached hydrogens (tertiary/aromatic N) is 1. The summed E-state index contributed by atoms with van der Waals surface area (Å²) in [4.78, 5) is 28.9. The van der Waals surface area contributed by atoms with Crippen LogP contribution in [0.25, 0.3) is 0 Å². The molecular formula is C22H29N3O3. The topological polar surface area (TPSA) is 80.3 Å². The third-order valence-electron chi connectivity index (χ3n) is 4.34. The predicted octanol–water partition coefficient (Wildman–Crippen LogP) is 3.96. The van der Waals surface area contributed by atoms with Crippen molar-refractivity contribution in [2.45, 2.75) is 58.2 Å². The number of alkyl carbamates (subject to hydrolysis) is 1. The Morgan fingerprint density at radius 3 is 2.54 bits per heavy atom. The van der Waals surface area contributed by atoms with Crippen LogP contribution < -0.4 is 10.6 Å². The van der Waals surface area contributed by atoms with Crippen molar-refractivity contribution >= 4 is 12.0 Å². The molecule has 1 aromatic carbocycles. The summed E-state index contributed by atoms with van der Waals surface area (Å²) in [5.74, 6) is -0.223. The summed E-state index contributed by atoms with van der Waals surface area (Å²) >= 11 is 0. The fourth-order valence-electron chi connectivity index (χ4n) is 2.75. The highest BCUT2D eigenvalue weighted by Crippen LogP contribution is 2.07. The summed E-state index contributed by atoms with van der Waals surface area (Å²) in [5, 5.41) is 5.55. The lowest BCUT2D eigenvalue weighted by atomic mass is 10.1. The van der Waals surface area contributed by atoms with E-state index in [-0.39, 0.29) is 12.5 Å². The van der Waals surface area contributed by atoms with Crippen molar-refractivity contribution in [3.63, 3.8) is 0 Å². The second kappa shape index (κ2) is 12.5. The molecule has 0 fully saturated rings. The van der Waals surface area contributed by atoms with Gasteiger partial charge in [0.15, 0.2) is 0 Å². The molecule has 0 unspecified atom stereocenters. The van der Waals surface area contributed by atoms with E-state index in [0.717, 1.165) is 36.9 Å². The van der Waals surface area contributed by atoms with Gasteiger partial charge in [0.25, 0.3) is 0 Å². The predicted molar refractivity (Wildman–Crippen MR) is 108 cm³/mol. The summed E-state index contributed by atoms with van der Waals surface area (Å²) in [7, 11) is 0. The number of rotatable bonds is 11. The zero-order valence-corrected chi connectivity index (χ0v) is 16.4. The minimum absolute atomic E-state index is 0.171. The van der Waals surface area contributed by atoms with Gasteiger partial charge in [-0.05, 0) is 24.1 Å². The number of hydrogen-bond donors (Lipinski definition) is 2. The van der Waals surface area contributed by atoms with Gasteiger partial charge in [0, 0.05) is 6.20 Å². The highest BCUT2D eigenvalue weighted by molar-refractivity contribution is 5.85. The number of carbonyl (C=O) groups is 2. The van der Waals surface area contributed by atoms with Crippen molar-refractivity contribution in [1.29, 1.82) is 0 Å². The minimum Gasteiger partial charge on any atom is -0.445 e. The Labute approximate surface area is 166 Å². The molecule has 0 spiro atoms. The van der Waals surface area contributed by atoms with Crippen molar-refractivity contribution in [2.75, 3.05) is 0 Å². The fourth-order valence-corrected chi connectivity index (χ4v) is 2.75. The van der Waals surface area contributed by atoms with Gasteiger partial charge >= 0.3 is 6.09 Å². The van der Waals surface area contributed by atoms with Crippen molar-refractivity contribution in [3.8, 4) is 0 Å². The van der Waals surface area contributed by atoms with Gasteiger partial charge in [-0.2, -0.15) is 0 Å². The molecule has 0 aliphatic carbocycles. The molecule has 2 aromatic rings. The third-order valence-corrected chi connectivity index (χ3v) is 4.34. The van der Waals surface area contributed by atoms with E-state index >= 15 is 0 Å². The van der Waals surface area contributed by atoms with Gasteiger partial charge < -0.3 is 15.4 Å². The third kappa shape index (κ3) is 8.20. The average molecular weight is 383 g/mol. The molecule has 0 aliphatic rings. The molecule has 2 amide bonds. The first kappa shape index (κ1) is 21.4. The molecule has 6 heteroatoms. The van der Waals surface area contributed by atoms with E-state index < -0.39 is 12.1 Å². The molecule has 1 heterocycles. The van der Waals surface area contributed by atoms with Crippen LogP contribution in [0.4, 0.5) is 4.79 Å². The molecule has 28 heavy (non-hydrogen) atoms. The monoisotopic (exact) mass is 383 g/mol. The normalized spacial score (nSPS) is 11.5. The largest absolute Gasteiger partial charge is 0.445 e. The molecule has 0 saturated heterocycles. The van der Waals surface area contributed by atoms with Gasteiger partial charge in [-0.15, -0.1) is 0 Å². The second-order valence-corrected chi connectivity index (χ2v) is 6.65. The molecule has 0 aliphatic heterocycles. The van der Waals surface area contributed by atoms with Crippen LogP contribution >= 0.6 is 0 Å². The van der Waals surface area contributed by atoms with E-state index in [1.54, 1.807) is 6.20 Å². The summed E-state index contributed by atoms with van der Waals surface area (Å²) in [6, 6.07) is 14.4. The number of amides is 2. The van der Waals surface area contributed by atoms with Crippen LogP contribution in [0.3, 0.4) is 0 Å². The number of unbranched alkanes of at least 4 members (excludes halogenated alkanes) is 3. The number of pyridine rings is 1. The molecule has 0 saturated carbocycles. The summed E-state index contributed by atoms with van der Waals surface area (Å²) in [6.45, 7) is 2.63. The minimum atomic E-state index is -0.621. The molecule has 0 radical (unpaired) electrons. The quantitative estimate of drug-likeness (QED) is 0.576. The zero-order chi connectivity index (χ0) is 20.0. The van der Waals surface area contributed by atoms with E-state index in [9.17, 15) is 9.59 Å². The Morgan fingerprint density at radius 2 is 1.82 bits per heavy atom. The first-order chi connectivity index (χ1) is 13.7. The van der Waals surface area contributed by atoms with Crippen molar-refractivity contribution in [1.82, 2.24) is 15.6 Å². The Bertz CT molecular complexity index is 707.